The SMILES string of the molecule is COc1ccc(O)c(/C=N/NC(=S)NC2CCCCC2)c1. The molecule has 21 heavy (non-hydrogen) atoms. The van der Waals surface area contributed by atoms with Gasteiger partial charge in [0.2, 0.25) is 0 Å². The van der Waals surface area contributed by atoms with E-state index >= 15 is 0 Å². The van der Waals surface area contributed by atoms with Gasteiger partial charge < -0.3 is 15.2 Å². The molecule has 1 aromatic rings. The van der Waals surface area contributed by atoms with Crippen LogP contribution in [0.15, 0.2) is 23.3 Å². The van der Waals surface area contributed by atoms with E-state index in [1.54, 1.807) is 25.3 Å². The van der Waals surface area contributed by atoms with E-state index < -0.39 is 0 Å². The maximum Gasteiger partial charge on any atom is 0.187 e. The average Bonchev–Trinajstić information content (AvgIpc) is 2.50. The predicted octanol–water partition coefficient (Wildman–Crippen LogP) is 2.53. The van der Waals surface area contributed by atoms with E-state index in [0.717, 1.165) is 12.8 Å². The number of hydrogen-bond acceptors (Lipinski definition) is 4. The van der Waals surface area contributed by atoms with Crippen LogP contribution in [0.1, 0.15) is 37.7 Å². The summed E-state index contributed by atoms with van der Waals surface area (Å²) < 4.78 is 5.11. The molecule has 6 heteroatoms. The number of thiocarbonyl (C=S) groups is 1. The quantitative estimate of drug-likeness (QED) is 0.453. The summed E-state index contributed by atoms with van der Waals surface area (Å²) in [6.07, 6.45) is 7.64. The van der Waals surface area contributed by atoms with E-state index in [-0.39, 0.29) is 5.75 Å². The van der Waals surface area contributed by atoms with Gasteiger partial charge in [-0.1, -0.05) is 19.3 Å². The minimum atomic E-state index is 0.146. The highest BCUT2D eigenvalue weighted by Gasteiger charge is 2.13. The van der Waals surface area contributed by atoms with Crippen LogP contribution in [0.3, 0.4) is 0 Å². The lowest BCUT2D eigenvalue weighted by Crippen LogP contribution is -2.40. The number of phenolic OH excluding ortho intramolecular Hbond substituents is 1. The Morgan fingerprint density at radius 3 is 2.86 bits per heavy atom. The van der Waals surface area contributed by atoms with E-state index in [2.05, 4.69) is 15.8 Å². The number of nitrogens with one attached hydrogen (secondary N) is 2. The van der Waals surface area contributed by atoms with Gasteiger partial charge in [-0.15, -0.1) is 0 Å². The van der Waals surface area contributed by atoms with Gasteiger partial charge in [0.15, 0.2) is 5.11 Å². The average molecular weight is 307 g/mol. The molecule has 0 radical (unpaired) electrons. The maximum atomic E-state index is 9.73. The molecule has 0 heterocycles. The highest BCUT2D eigenvalue weighted by atomic mass is 32.1. The summed E-state index contributed by atoms with van der Waals surface area (Å²) in [5.41, 5.74) is 3.35. The third kappa shape index (κ3) is 4.90. The zero-order chi connectivity index (χ0) is 15.1. The van der Waals surface area contributed by atoms with Gasteiger partial charge in [-0.2, -0.15) is 5.10 Å². The molecule has 5 nitrogen and oxygen atoms in total. The molecule has 0 atom stereocenters. The number of phenols is 1. The fourth-order valence-corrected chi connectivity index (χ4v) is 2.61. The van der Waals surface area contributed by atoms with E-state index in [1.165, 1.54) is 25.5 Å². The molecule has 0 aromatic heterocycles. The van der Waals surface area contributed by atoms with E-state index in [4.69, 9.17) is 17.0 Å². The van der Waals surface area contributed by atoms with Crippen LogP contribution in [0.25, 0.3) is 0 Å². The van der Waals surface area contributed by atoms with Crippen LogP contribution in [0, 0.1) is 0 Å². The summed E-state index contributed by atoms with van der Waals surface area (Å²) in [6, 6.07) is 5.41. The Morgan fingerprint density at radius 2 is 2.14 bits per heavy atom. The predicted molar refractivity (Wildman–Crippen MR) is 88.0 cm³/mol. The summed E-state index contributed by atoms with van der Waals surface area (Å²) in [6.45, 7) is 0. The molecule has 0 saturated heterocycles. The number of hydrogen-bond donors (Lipinski definition) is 3. The lowest BCUT2D eigenvalue weighted by molar-refractivity contribution is 0.412. The molecule has 0 amide bonds. The van der Waals surface area contributed by atoms with Gasteiger partial charge in [0.1, 0.15) is 11.5 Å². The molecule has 1 aliphatic carbocycles. The Kier molecular flexibility index (Phi) is 5.80. The molecule has 0 unspecified atom stereocenters. The minimum Gasteiger partial charge on any atom is -0.507 e. The highest BCUT2D eigenvalue weighted by molar-refractivity contribution is 7.80. The van der Waals surface area contributed by atoms with E-state index in [9.17, 15) is 5.11 Å². The van der Waals surface area contributed by atoms with E-state index in [1.807, 2.05) is 0 Å². The zero-order valence-corrected chi connectivity index (χ0v) is 12.9. The van der Waals surface area contributed by atoms with Crippen molar-refractivity contribution in [3.63, 3.8) is 0 Å². The number of hydrazone groups is 1. The van der Waals surface area contributed by atoms with Crippen LogP contribution in [0.2, 0.25) is 0 Å². The third-order valence-corrected chi connectivity index (χ3v) is 3.75. The maximum absolute atomic E-state index is 9.73. The molecular weight excluding hydrogens is 286 g/mol. The van der Waals surface area contributed by atoms with Gasteiger partial charge in [-0.3, -0.25) is 5.43 Å². The summed E-state index contributed by atoms with van der Waals surface area (Å²) in [7, 11) is 1.58. The van der Waals surface area contributed by atoms with Gasteiger partial charge in [0, 0.05) is 11.6 Å². The van der Waals surface area contributed by atoms with Crippen molar-refractivity contribution in [2.75, 3.05) is 7.11 Å². The molecule has 1 aromatic carbocycles. The second kappa shape index (κ2) is 7.83. The fourth-order valence-electron chi connectivity index (χ4n) is 2.39. The van der Waals surface area contributed by atoms with Crippen LogP contribution in [0.5, 0.6) is 11.5 Å². The third-order valence-electron chi connectivity index (χ3n) is 3.54. The Hall–Kier alpha value is -1.82. The first-order chi connectivity index (χ1) is 10.2. The molecule has 0 spiro atoms. The van der Waals surface area contributed by atoms with Crippen molar-refractivity contribution in [2.24, 2.45) is 5.10 Å². The van der Waals surface area contributed by atoms with Crippen LogP contribution < -0.4 is 15.5 Å². The molecule has 2 rings (SSSR count). The minimum absolute atomic E-state index is 0.146. The Morgan fingerprint density at radius 1 is 1.38 bits per heavy atom. The number of rotatable bonds is 4. The number of nitrogens with zero attached hydrogens (tertiary/aromatic N) is 1. The number of methoxy groups -OCH3 is 1. The standard InChI is InChI=1S/C15H21N3O2S/c1-20-13-7-8-14(19)11(9-13)10-16-18-15(21)17-12-5-3-2-4-6-12/h7-10,12,19H,2-6H2,1H3,(H2,17,18,21)/b16-10+. The molecule has 114 valence electrons. The lowest BCUT2D eigenvalue weighted by atomic mass is 9.96. The van der Waals surface area contributed by atoms with Gasteiger partial charge in [-0.25, -0.2) is 0 Å². The summed E-state index contributed by atoms with van der Waals surface area (Å²) in [5, 5.41) is 17.6. The van der Waals surface area contributed by atoms with Crippen LogP contribution in [-0.4, -0.2) is 29.6 Å². The van der Waals surface area contributed by atoms with Gasteiger partial charge in [0.25, 0.3) is 0 Å². The second-order valence-electron chi connectivity index (χ2n) is 5.10. The Balaban J connectivity index is 1.85. The lowest BCUT2D eigenvalue weighted by Gasteiger charge is -2.23. The Bertz CT molecular complexity index is 514. The normalized spacial score (nSPS) is 15.9. The summed E-state index contributed by atoms with van der Waals surface area (Å²) >= 11 is 5.21. The largest absolute Gasteiger partial charge is 0.507 e. The smallest absolute Gasteiger partial charge is 0.187 e. The van der Waals surface area contributed by atoms with Crippen molar-refractivity contribution in [3.05, 3.63) is 23.8 Å². The summed E-state index contributed by atoms with van der Waals surface area (Å²) in [4.78, 5) is 0. The van der Waals surface area contributed by atoms with Crippen LogP contribution >= 0.6 is 12.2 Å². The fraction of sp³-hybridized carbons (Fsp3) is 0.467. The molecule has 1 saturated carbocycles. The van der Waals surface area contributed by atoms with Crippen LogP contribution in [0.4, 0.5) is 0 Å². The van der Waals surface area contributed by atoms with Gasteiger partial charge >= 0.3 is 0 Å². The van der Waals surface area contributed by atoms with Gasteiger partial charge in [0.05, 0.1) is 13.3 Å². The van der Waals surface area contributed by atoms with Crippen LogP contribution in [-0.2, 0) is 0 Å². The number of ether oxygens (including phenoxy) is 1. The zero-order valence-electron chi connectivity index (χ0n) is 12.1. The molecule has 1 fully saturated rings. The van der Waals surface area contributed by atoms with E-state index in [0.29, 0.717) is 22.5 Å². The first-order valence-corrected chi connectivity index (χ1v) is 7.56. The molecule has 0 bridgehead atoms. The highest BCUT2D eigenvalue weighted by Crippen LogP contribution is 2.21. The molecule has 0 aliphatic heterocycles. The topological polar surface area (TPSA) is 65.9 Å². The number of aromatic hydroxyl groups is 1. The molecular formula is C15H21N3O2S. The van der Waals surface area contributed by atoms with Crippen molar-refractivity contribution in [1.82, 2.24) is 10.7 Å². The summed E-state index contributed by atoms with van der Waals surface area (Å²) in [5.74, 6) is 0.810. The van der Waals surface area contributed by atoms with Crippen molar-refractivity contribution >= 4 is 23.5 Å². The monoisotopic (exact) mass is 307 g/mol. The van der Waals surface area contributed by atoms with Crippen molar-refractivity contribution < 1.29 is 9.84 Å². The first kappa shape index (κ1) is 15.6. The second-order valence-corrected chi connectivity index (χ2v) is 5.51. The molecule has 3 N–H and O–H groups in total. The van der Waals surface area contributed by atoms with Gasteiger partial charge in [-0.05, 0) is 43.3 Å². The molecule has 1 aliphatic rings. The van der Waals surface area contributed by atoms with Crippen molar-refractivity contribution in [2.45, 2.75) is 38.1 Å². The Labute approximate surface area is 130 Å². The number of benzene rings is 1. The van der Waals surface area contributed by atoms with Crippen molar-refractivity contribution in [3.8, 4) is 11.5 Å². The first-order valence-electron chi connectivity index (χ1n) is 7.15. The van der Waals surface area contributed by atoms with Crippen molar-refractivity contribution in [1.29, 1.82) is 0 Å².